The number of piperazine rings is 1. The van der Waals surface area contributed by atoms with E-state index in [9.17, 15) is 9.59 Å². The van der Waals surface area contributed by atoms with Crippen LogP contribution >= 0.6 is 11.6 Å². The standard InChI is InChI=1S/C21H31ClN4O2/c1-17-4-2-3-11-24(17)14-15-26(16-20(27)25-12-9-23-10-13-25)21(28)18-5-7-19(22)8-6-18/h5-8,17,23H,2-4,9-16H2,1H3/t17-/m0/s1. The van der Waals surface area contributed by atoms with Crippen molar-refractivity contribution in [1.29, 1.82) is 0 Å². The number of carbonyl (C=O) groups is 2. The average Bonchev–Trinajstić information content (AvgIpc) is 2.72. The van der Waals surface area contributed by atoms with E-state index in [1.807, 2.05) is 4.90 Å². The minimum atomic E-state index is -0.107. The molecule has 0 aromatic heterocycles. The number of hydrogen-bond donors (Lipinski definition) is 1. The molecule has 3 rings (SSSR count). The Kier molecular flexibility index (Phi) is 7.71. The summed E-state index contributed by atoms with van der Waals surface area (Å²) in [5, 5.41) is 3.86. The Morgan fingerprint density at radius 1 is 1.14 bits per heavy atom. The topological polar surface area (TPSA) is 55.9 Å². The molecule has 7 heteroatoms. The van der Waals surface area contributed by atoms with Gasteiger partial charge >= 0.3 is 0 Å². The number of carbonyl (C=O) groups excluding carboxylic acids is 2. The third kappa shape index (κ3) is 5.69. The zero-order chi connectivity index (χ0) is 19.9. The summed E-state index contributed by atoms with van der Waals surface area (Å²) >= 11 is 5.96. The predicted octanol–water partition coefficient (Wildman–Crippen LogP) is 2.09. The van der Waals surface area contributed by atoms with Crippen molar-refractivity contribution in [3.63, 3.8) is 0 Å². The molecule has 2 amide bonds. The predicted molar refractivity (Wildman–Crippen MR) is 112 cm³/mol. The van der Waals surface area contributed by atoms with E-state index < -0.39 is 0 Å². The van der Waals surface area contributed by atoms with Gasteiger partial charge in [-0.05, 0) is 50.6 Å². The number of nitrogens with zero attached hydrogens (tertiary/aromatic N) is 3. The number of amides is 2. The normalized spacial score (nSPS) is 20.8. The van der Waals surface area contributed by atoms with Crippen molar-refractivity contribution < 1.29 is 9.59 Å². The van der Waals surface area contributed by atoms with Gasteiger partial charge in [-0.1, -0.05) is 18.0 Å². The molecule has 0 spiro atoms. The van der Waals surface area contributed by atoms with Crippen molar-refractivity contribution in [3.8, 4) is 0 Å². The van der Waals surface area contributed by atoms with Crippen LogP contribution < -0.4 is 5.32 Å². The molecule has 0 saturated carbocycles. The first-order chi connectivity index (χ1) is 13.5. The summed E-state index contributed by atoms with van der Waals surface area (Å²) in [4.78, 5) is 31.9. The summed E-state index contributed by atoms with van der Waals surface area (Å²) in [6, 6.07) is 7.44. The summed E-state index contributed by atoms with van der Waals surface area (Å²) in [6.45, 7) is 7.81. The Hall–Kier alpha value is -1.63. The SMILES string of the molecule is C[C@H]1CCCCN1CCN(CC(=O)N1CCNCC1)C(=O)c1ccc(Cl)cc1. The lowest BCUT2D eigenvalue weighted by Crippen LogP contribution is -2.51. The maximum Gasteiger partial charge on any atom is 0.254 e. The van der Waals surface area contributed by atoms with E-state index in [1.165, 1.54) is 19.3 Å². The van der Waals surface area contributed by atoms with Gasteiger partial charge in [0.1, 0.15) is 6.54 Å². The van der Waals surface area contributed by atoms with Gasteiger partial charge in [0, 0.05) is 55.9 Å². The summed E-state index contributed by atoms with van der Waals surface area (Å²) < 4.78 is 0. The summed E-state index contributed by atoms with van der Waals surface area (Å²) in [5.41, 5.74) is 0.573. The van der Waals surface area contributed by atoms with Crippen LogP contribution in [0.2, 0.25) is 5.02 Å². The van der Waals surface area contributed by atoms with E-state index in [0.29, 0.717) is 36.3 Å². The lowest BCUT2D eigenvalue weighted by Gasteiger charge is -2.35. The first kappa shape index (κ1) is 21.1. The van der Waals surface area contributed by atoms with Crippen LogP contribution in [0.15, 0.2) is 24.3 Å². The zero-order valence-electron chi connectivity index (χ0n) is 16.7. The summed E-state index contributed by atoms with van der Waals surface area (Å²) in [5.74, 6) is -0.0830. The second-order valence-electron chi connectivity index (χ2n) is 7.75. The molecule has 28 heavy (non-hydrogen) atoms. The van der Waals surface area contributed by atoms with Crippen molar-refractivity contribution in [2.24, 2.45) is 0 Å². The Balaban J connectivity index is 1.67. The molecule has 0 aliphatic carbocycles. The van der Waals surface area contributed by atoms with Crippen LogP contribution in [0.1, 0.15) is 36.5 Å². The molecule has 154 valence electrons. The van der Waals surface area contributed by atoms with E-state index >= 15 is 0 Å². The van der Waals surface area contributed by atoms with Crippen LogP contribution in [-0.2, 0) is 4.79 Å². The van der Waals surface area contributed by atoms with Crippen molar-refractivity contribution in [2.45, 2.75) is 32.2 Å². The zero-order valence-corrected chi connectivity index (χ0v) is 17.5. The molecule has 1 atom stereocenters. The number of benzene rings is 1. The molecule has 0 unspecified atom stereocenters. The molecule has 6 nitrogen and oxygen atoms in total. The van der Waals surface area contributed by atoms with Crippen molar-refractivity contribution >= 4 is 23.4 Å². The quantitative estimate of drug-likeness (QED) is 0.786. The third-order valence-corrected chi connectivity index (χ3v) is 6.02. The van der Waals surface area contributed by atoms with Gasteiger partial charge in [0.2, 0.25) is 5.91 Å². The van der Waals surface area contributed by atoms with E-state index in [1.54, 1.807) is 29.2 Å². The number of hydrogen-bond acceptors (Lipinski definition) is 4. The monoisotopic (exact) mass is 406 g/mol. The van der Waals surface area contributed by atoms with Crippen LogP contribution in [-0.4, -0.2) is 84.9 Å². The number of rotatable bonds is 6. The van der Waals surface area contributed by atoms with Gasteiger partial charge < -0.3 is 15.1 Å². The highest BCUT2D eigenvalue weighted by atomic mass is 35.5. The third-order valence-electron chi connectivity index (χ3n) is 5.77. The molecule has 2 saturated heterocycles. The highest BCUT2D eigenvalue weighted by Gasteiger charge is 2.25. The molecule has 2 aliphatic heterocycles. The van der Waals surface area contributed by atoms with Crippen LogP contribution in [0.25, 0.3) is 0 Å². The fraction of sp³-hybridized carbons (Fsp3) is 0.619. The van der Waals surface area contributed by atoms with E-state index in [0.717, 1.165) is 26.2 Å². The second-order valence-corrected chi connectivity index (χ2v) is 8.18. The highest BCUT2D eigenvalue weighted by Crippen LogP contribution is 2.17. The Bertz CT molecular complexity index is 661. The number of piperidine rings is 1. The fourth-order valence-corrected chi connectivity index (χ4v) is 4.07. The molecule has 1 N–H and O–H groups in total. The number of halogens is 1. The summed E-state index contributed by atoms with van der Waals surface area (Å²) in [7, 11) is 0. The van der Waals surface area contributed by atoms with E-state index in [4.69, 9.17) is 11.6 Å². The largest absolute Gasteiger partial charge is 0.339 e. The second kappa shape index (κ2) is 10.2. The molecule has 2 heterocycles. The molecular weight excluding hydrogens is 376 g/mol. The molecule has 1 aromatic rings. The first-order valence-corrected chi connectivity index (χ1v) is 10.7. The molecule has 0 bridgehead atoms. The number of nitrogens with one attached hydrogen (secondary N) is 1. The maximum absolute atomic E-state index is 13.1. The lowest BCUT2D eigenvalue weighted by molar-refractivity contribution is -0.132. The van der Waals surface area contributed by atoms with Crippen molar-refractivity contribution in [1.82, 2.24) is 20.0 Å². The average molecular weight is 407 g/mol. The van der Waals surface area contributed by atoms with Crippen LogP contribution in [0, 0.1) is 0 Å². The van der Waals surface area contributed by atoms with Crippen molar-refractivity contribution in [3.05, 3.63) is 34.9 Å². The molecular formula is C21H31ClN4O2. The number of likely N-dealkylation sites (tertiary alicyclic amines) is 1. The lowest BCUT2D eigenvalue weighted by atomic mass is 10.0. The Morgan fingerprint density at radius 3 is 2.54 bits per heavy atom. The van der Waals surface area contributed by atoms with Gasteiger partial charge in [0.15, 0.2) is 0 Å². The first-order valence-electron chi connectivity index (χ1n) is 10.3. The van der Waals surface area contributed by atoms with E-state index in [-0.39, 0.29) is 18.4 Å². The van der Waals surface area contributed by atoms with Gasteiger partial charge in [-0.3, -0.25) is 14.5 Å². The van der Waals surface area contributed by atoms with Crippen molar-refractivity contribution in [2.75, 3.05) is 52.4 Å². The minimum absolute atomic E-state index is 0.0236. The van der Waals surface area contributed by atoms with Gasteiger partial charge in [-0.2, -0.15) is 0 Å². The molecule has 2 aliphatic rings. The maximum atomic E-state index is 13.1. The Labute approximate surface area is 172 Å². The van der Waals surface area contributed by atoms with Gasteiger partial charge in [0.25, 0.3) is 5.91 Å². The fourth-order valence-electron chi connectivity index (χ4n) is 3.94. The molecule has 1 aromatic carbocycles. The smallest absolute Gasteiger partial charge is 0.254 e. The van der Waals surface area contributed by atoms with Gasteiger partial charge in [0.05, 0.1) is 0 Å². The van der Waals surface area contributed by atoms with Crippen LogP contribution in [0.3, 0.4) is 0 Å². The van der Waals surface area contributed by atoms with Crippen LogP contribution in [0.4, 0.5) is 0 Å². The van der Waals surface area contributed by atoms with E-state index in [2.05, 4.69) is 17.1 Å². The van der Waals surface area contributed by atoms with Crippen LogP contribution in [0.5, 0.6) is 0 Å². The summed E-state index contributed by atoms with van der Waals surface area (Å²) in [6.07, 6.45) is 3.67. The highest BCUT2D eigenvalue weighted by molar-refractivity contribution is 6.30. The molecule has 2 fully saturated rings. The molecule has 0 radical (unpaired) electrons. The minimum Gasteiger partial charge on any atom is -0.339 e. The van der Waals surface area contributed by atoms with Gasteiger partial charge in [-0.25, -0.2) is 0 Å². The Morgan fingerprint density at radius 2 is 1.86 bits per heavy atom. The van der Waals surface area contributed by atoms with Gasteiger partial charge in [-0.15, -0.1) is 0 Å².